The minimum Gasteiger partial charge on any atom is -0.495 e. The largest absolute Gasteiger partial charge is 0.495 e. The highest BCUT2D eigenvalue weighted by Crippen LogP contribution is 2.48. The number of carboxylic acid groups (broad SMARTS) is 1. The summed E-state index contributed by atoms with van der Waals surface area (Å²) in [6, 6.07) is 6.18. The molecule has 0 spiro atoms. The van der Waals surface area contributed by atoms with Crippen LogP contribution in [0.1, 0.15) is 35.4 Å². The lowest BCUT2D eigenvalue weighted by Crippen LogP contribution is -2.58. The number of methoxy groups -OCH3 is 2. The van der Waals surface area contributed by atoms with Crippen LogP contribution in [0.5, 0.6) is 11.6 Å². The molecule has 0 aliphatic carbocycles. The van der Waals surface area contributed by atoms with Crippen molar-refractivity contribution in [2.75, 3.05) is 43.7 Å². The molecule has 2 aliphatic rings. The summed E-state index contributed by atoms with van der Waals surface area (Å²) in [5.74, 6) is -0.00217. The van der Waals surface area contributed by atoms with Crippen LogP contribution in [0, 0.1) is 6.92 Å². The van der Waals surface area contributed by atoms with Crippen molar-refractivity contribution in [1.29, 1.82) is 0 Å². The van der Waals surface area contributed by atoms with Crippen LogP contribution in [-0.2, 0) is 11.0 Å². The summed E-state index contributed by atoms with van der Waals surface area (Å²) in [7, 11) is 2.93. The number of nitrogens with zero attached hydrogens (tertiary/aromatic N) is 5. The number of pyridine rings is 1. The summed E-state index contributed by atoms with van der Waals surface area (Å²) >= 11 is 1.35. The van der Waals surface area contributed by atoms with Crippen molar-refractivity contribution < 1.29 is 32.5 Å². The summed E-state index contributed by atoms with van der Waals surface area (Å²) < 4.78 is 52.4. The van der Waals surface area contributed by atoms with Crippen molar-refractivity contribution in [2.24, 2.45) is 4.99 Å². The predicted octanol–water partition coefficient (Wildman–Crippen LogP) is 5.72. The second-order valence-electron chi connectivity index (χ2n) is 9.96. The molecule has 2 atom stereocenters. The number of thiophene rings is 1. The lowest BCUT2D eigenvalue weighted by molar-refractivity contribution is -0.138. The fourth-order valence-electron chi connectivity index (χ4n) is 5.36. The molecular weight excluding hydrogens is 559 g/mol. The summed E-state index contributed by atoms with van der Waals surface area (Å²) in [4.78, 5) is 27.8. The van der Waals surface area contributed by atoms with Gasteiger partial charge in [-0.15, -0.1) is 11.3 Å². The molecule has 9 nitrogen and oxygen atoms in total. The number of rotatable bonds is 6. The first-order valence-corrected chi connectivity index (χ1v) is 13.8. The van der Waals surface area contributed by atoms with E-state index in [1.165, 1.54) is 24.5 Å². The van der Waals surface area contributed by atoms with Crippen LogP contribution in [-0.4, -0.2) is 66.8 Å². The number of piperazine rings is 1. The number of anilines is 2. The van der Waals surface area contributed by atoms with Crippen molar-refractivity contribution in [1.82, 2.24) is 9.88 Å². The average molecular weight is 590 g/mol. The number of aromatic nitrogens is 1. The number of fused-ring (bicyclic) bond motifs is 1. The van der Waals surface area contributed by atoms with E-state index in [0.717, 1.165) is 23.4 Å². The fourth-order valence-corrected chi connectivity index (χ4v) is 6.44. The predicted molar refractivity (Wildman–Crippen MR) is 151 cm³/mol. The number of aryl methyl sites for hydroxylation is 1. The maximum Gasteiger partial charge on any atom is 0.416 e. The third-order valence-corrected chi connectivity index (χ3v) is 8.51. The Morgan fingerprint density at radius 3 is 2.61 bits per heavy atom. The second kappa shape index (κ2) is 11.1. The Labute approximate surface area is 239 Å². The first kappa shape index (κ1) is 28.5. The SMILES string of the molecule is COc1cc(N2CCN(C3=Nc4c(C)csc4[C@H](CC(=O)O)N3c3cc(C(F)(F)F)ccc3OC)C[C@H]2C)ccn1. The molecule has 0 saturated carbocycles. The molecule has 218 valence electrons. The van der Waals surface area contributed by atoms with Gasteiger partial charge < -0.3 is 24.4 Å². The van der Waals surface area contributed by atoms with Crippen molar-refractivity contribution >= 4 is 40.3 Å². The maximum atomic E-state index is 13.9. The number of alkyl halides is 3. The third-order valence-electron chi connectivity index (χ3n) is 7.31. The number of halogens is 3. The Morgan fingerprint density at radius 2 is 1.95 bits per heavy atom. The standard InChI is InChI=1S/C28H30F3N5O4S/c1-16-15-41-26-21(13-24(37)38)36(20-11-18(28(29,30)31)5-6-22(20)39-3)27(33-25(16)26)34-9-10-35(17(2)14-34)19-7-8-32-23(12-19)40-4/h5-8,11-12,15,17,21H,9-10,13-14H2,1-4H3,(H,37,38)/t17-,21+/m1/s1. The van der Waals surface area contributed by atoms with E-state index in [4.69, 9.17) is 14.5 Å². The number of hydrogen-bond donors (Lipinski definition) is 1. The average Bonchev–Trinajstić information content (AvgIpc) is 3.32. The molecule has 1 aromatic carbocycles. The number of benzene rings is 1. The molecule has 5 rings (SSSR count). The topological polar surface area (TPSA) is 90.7 Å². The highest BCUT2D eigenvalue weighted by Gasteiger charge is 2.41. The van der Waals surface area contributed by atoms with Crippen molar-refractivity contribution in [2.45, 2.75) is 38.5 Å². The zero-order chi connectivity index (χ0) is 29.5. The van der Waals surface area contributed by atoms with E-state index in [9.17, 15) is 23.1 Å². The van der Waals surface area contributed by atoms with E-state index in [2.05, 4.69) is 9.88 Å². The summed E-state index contributed by atoms with van der Waals surface area (Å²) in [6.45, 7) is 5.50. The zero-order valence-electron chi connectivity index (χ0n) is 23.0. The summed E-state index contributed by atoms with van der Waals surface area (Å²) in [5.41, 5.74) is 1.72. The van der Waals surface area contributed by atoms with Gasteiger partial charge in [-0.25, -0.2) is 9.98 Å². The molecule has 1 saturated heterocycles. The number of guanidine groups is 1. The first-order chi connectivity index (χ1) is 19.5. The minimum atomic E-state index is -4.60. The van der Waals surface area contributed by atoms with E-state index in [1.54, 1.807) is 18.2 Å². The smallest absolute Gasteiger partial charge is 0.416 e. The molecule has 1 fully saturated rings. The molecule has 3 aromatic rings. The molecule has 4 heterocycles. The molecule has 1 N–H and O–H groups in total. The van der Waals surface area contributed by atoms with Crippen LogP contribution in [0.4, 0.5) is 30.2 Å². The van der Waals surface area contributed by atoms with Gasteiger partial charge in [0, 0.05) is 43.6 Å². The fraction of sp³-hybridized carbons (Fsp3) is 0.393. The van der Waals surface area contributed by atoms with Gasteiger partial charge in [0.1, 0.15) is 5.75 Å². The van der Waals surface area contributed by atoms with Gasteiger partial charge in [-0.3, -0.25) is 9.69 Å². The number of ether oxygens (including phenoxy) is 2. The van der Waals surface area contributed by atoms with Gasteiger partial charge in [-0.2, -0.15) is 13.2 Å². The van der Waals surface area contributed by atoms with E-state index in [-0.39, 0.29) is 23.9 Å². The quantitative estimate of drug-likeness (QED) is 0.391. The minimum absolute atomic E-state index is 0.0216. The zero-order valence-corrected chi connectivity index (χ0v) is 23.8. The Bertz CT molecular complexity index is 1480. The van der Waals surface area contributed by atoms with Gasteiger partial charge in [0.2, 0.25) is 11.8 Å². The summed E-state index contributed by atoms with van der Waals surface area (Å²) in [5, 5.41) is 11.8. The number of carboxylic acids is 1. The number of aliphatic carboxylic acids is 1. The van der Waals surface area contributed by atoms with Crippen LogP contribution < -0.4 is 19.3 Å². The first-order valence-electron chi connectivity index (χ1n) is 13.0. The van der Waals surface area contributed by atoms with Crippen LogP contribution in [0.15, 0.2) is 46.9 Å². The monoisotopic (exact) mass is 589 g/mol. The van der Waals surface area contributed by atoms with Gasteiger partial charge in [0.05, 0.1) is 48.5 Å². The number of carbonyl (C=O) groups is 1. The van der Waals surface area contributed by atoms with Crippen molar-refractivity contribution in [3.05, 3.63) is 57.9 Å². The van der Waals surface area contributed by atoms with Crippen molar-refractivity contribution in [3.8, 4) is 11.6 Å². The molecule has 0 radical (unpaired) electrons. The van der Waals surface area contributed by atoms with E-state index in [1.807, 2.05) is 36.3 Å². The second-order valence-corrected chi connectivity index (χ2v) is 10.9. The lowest BCUT2D eigenvalue weighted by atomic mass is 10.0. The van der Waals surface area contributed by atoms with Crippen molar-refractivity contribution in [3.63, 3.8) is 0 Å². The Kier molecular flexibility index (Phi) is 7.73. The maximum absolute atomic E-state index is 13.9. The third kappa shape index (κ3) is 5.50. The Hall–Kier alpha value is -4.00. The number of hydrogen-bond acceptors (Lipinski definition) is 9. The molecule has 2 aromatic heterocycles. The number of aliphatic imine (C=N–C) groups is 1. The van der Waals surface area contributed by atoms with Gasteiger partial charge in [-0.05, 0) is 49.1 Å². The van der Waals surface area contributed by atoms with Gasteiger partial charge in [0.15, 0.2) is 0 Å². The van der Waals surface area contributed by atoms with Gasteiger partial charge in [-0.1, -0.05) is 0 Å². The highest BCUT2D eigenvalue weighted by molar-refractivity contribution is 7.10. The lowest BCUT2D eigenvalue weighted by Gasteiger charge is -2.47. The Morgan fingerprint density at radius 1 is 1.17 bits per heavy atom. The normalized spacial score (nSPS) is 19.1. The van der Waals surface area contributed by atoms with Gasteiger partial charge in [0.25, 0.3) is 0 Å². The molecule has 41 heavy (non-hydrogen) atoms. The van der Waals surface area contributed by atoms with Crippen LogP contribution in [0.25, 0.3) is 0 Å². The summed E-state index contributed by atoms with van der Waals surface area (Å²) in [6.07, 6.45) is -3.26. The van der Waals surface area contributed by atoms with E-state index < -0.39 is 23.8 Å². The van der Waals surface area contributed by atoms with E-state index >= 15 is 0 Å². The van der Waals surface area contributed by atoms with E-state index in [0.29, 0.717) is 42.0 Å². The molecule has 0 amide bonds. The van der Waals surface area contributed by atoms with Crippen LogP contribution in [0.2, 0.25) is 0 Å². The molecular formula is C28H30F3N5O4S. The Balaban J connectivity index is 1.60. The van der Waals surface area contributed by atoms with Crippen LogP contribution in [0.3, 0.4) is 0 Å². The molecule has 0 bridgehead atoms. The molecule has 0 unspecified atom stereocenters. The van der Waals surface area contributed by atoms with Crippen LogP contribution >= 0.6 is 11.3 Å². The molecule has 13 heteroatoms. The molecule has 2 aliphatic heterocycles. The highest BCUT2D eigenvalue weighted by atomic mass is 32.1. The van der Waals surface area contributed by atoms with Gasteiger partial charge >= 0.3 is 12.1 Å².